The highest BCUT2D eigenvalue weighted by Crippen LogP contribution is 2.28. The zero-order chi connectivity index (χ0) is 16.2. The summed E-state index contributed by atoms with van der Waals surface area (Å²) in [7, 11) is 3.87. The lowest BCUT2D eigenvalue weighted by atomic mass is 9.89. The van der Waals surface area contributed by atoms with Crippen LogP contribution in [0.2, 0.25) is 0 Å². The highest BCUT2D eigenvalue weighted by atomic mass is 19.1. The number of piperidine rings is 1. The number of nitrogens with zero attached hydrogens (tertiary/aromatic N) is 4. The lowest BCUT2D eigenvalue weighted by Crippen LogP contribution is -2.32. The smallest absolute Gasteiger partial charge is 0.224 e. The second-order valence-electron chi connectivity index (χ2n) is 6.39. The molecule has 0 N–H and O–H groups in total. The molecule has 0 aliphatic carbocycles. The van der Waals surface area contributed by atoms with Gasteiger partial charge in [0.2, 0.25) is 5.95 Å². The number of likely N-dealkylation sites (tertiary alicyclic amines) is 1. The van der Waals surface area contributed by atoms with Gasteiger partial charge >= 0.3 is 0 Å². The SMILES string of the molecule is CN(C)c1ncc(CN2CCC(c3cccc(F)c3)CC2)cn1. The fourth-order valence-electron chi connectivity index (χ4n) is 3.10. The predicted octanol–water partition coefficient (Wildman–Crippen LogP) is 3.06. The first-order chi connectivity index (χ1) is 11.1. The monoisotopic (exact) mass is 314 g/mol. The van der Waals surface area contributed by atoms with Crippen molar-refractivity contribution in [3.63, 3.8) is 0 Å². The molecule has 1 aliphatic heterocycles. The first kappa shape index (κ1) is 15.9. The molecule has 1 aliphatic rings. The van der Waals surface area contributed by atoms with Gasteiger partial charge < -0.3 is 4.90 Å². The van der Waals surface area contributed by atoms with Gasteiger partial charge in [0.1, 0.15) is 5.82 Å². The molecule has 0 amide bonds. The summed E-state index contributed by atoms with van der Waals surface area (Å²) in [4.78, 5) is 13.0. The Balaban J connectivity index is 1.55. The van der Waals surface area contributed by atoms with Crippen LogP contribution >= 0.6 is 0 Å². The second-order valence-corrected chi connectivity index (χ2v) is 6.39. The Bertz CT molecular complexity index is 634. The Labute approximate surface area is 137 Å². The maximum absolute atomic E-state index is 13.3. The van der Waals surface area contributed by atoms with Crippen LogP contribution in [-0.2, 0) is 6.54 Å². The second kappa shape index (κ2) is 7.04. The Morgan fingerprint density at radius 3 is 2.48 bits per heavy atom. The number of hydrogen-bond donors (Lipinski definition) is 0. The van der Waals surface area contributed by atoms with E-state index in [9.17, 15) is 4.39 Å². The van der Waals surface area contributed by atoms with E-state index in [0.717, 1.165) is 49.6 Å². The van der Waals surface area contributed by atoms with Crippen LogP contribution < -0.4 is 4.90 Å². The Kier molecular flexibility index (Phi) is 4.86. The molecule has 5 heteroatoms. The molecule has 1 fully saturated rings. The maximum atomic E-state index is 13.3. The van der Waals surface area contributed by atoms with E-state index in [4.69, 9.17) is 0 Å². The first-order valence-corrected chi connectivity index (χ1v) is 8.08. The van der Waals surface area contributed by atoms with Crippen LogP contribution in [0.5, 0.6) is 0 Å². The highest BCUT2D eigenvalue weighted by Gasteiger charge is 2.21. The summed E-state index contributed by atoms with van der Waals surface area (Å²) >= 11 is 0. The van der Waals surface area contributed by atoms with Crippen molar-refractivity contribution >= 4 is 5.95 Å². The number of benzene rings is 1. The van der Waals surface area contributed by atoms with Crippen molar-refractivity contribution in [2.24, 2.45) is 0 Å². The maximum Gasteiger partial charge on any atom is 0.224 e. The van der Waals surface area contributed by atoms with Gasteiger partial charge in [-0.2, -0.15) is 0 Å². The minimum atomic E-state index is -0.136. The minimum Gasteiger partial charge on any atom is -0.347 e. The van der Waals surface area contributed by atoms with E-state index < -0.39 is 0 Å². The number of aromatic nitrogens is 2. The van der Waals surface area contributed by atoms with Gasteiger partial charge in [-0.3, -0.25) is 4.90 Å². The third-order valence-electron chi connectivity index (χ3n) is 4.41. The van der Waals surface area contributed by atoms with Gasteiger partial charge in [0, 0.05) is 38.6 Å². The lowest BCUT2D eigenvalue weighted by Gasteiger charge is -2.32. The molecule has 122 valence electrons. The van der Waals surface area contributed by atoms with Crippen molar-refractivity contribution in [3.8, 4) is 0 Å². The molecule has 0 spiro atoms. The van der Waals surface area contributed by atoms with Gasteiger partial charge in [0.15, 0.2) is 0 Å². The van der Waals surface area contributed by atoms with E-state index >= 15 is 0 Å². The Morgan fingerprint density at radius 1 is 1.17 bits per heavy atom. The lowest BCUT2D eigenvalue weighted by molar-refractivity contribution is 0.204. The molecule has 1 aromatic carbocycles. The molecule has 2 heterocycles. The first-order valence-electron chi connectivity index (χ1n) is 8.08. The van der Waals surface area contributed by atoms with Crippen molar-refractivity contribution in [1.29, 1.82) is 0 Å². The topological polar surface area (TPSA) is 32.3 Å². The van der Waals surface area contributed by atoms with Crippen molar-refractivity contribution in [2.75, 3.05) is 32.1 Å². The van der Waals surface area contributed by atoms with Gasteiger partial charge in [-0.1, -0.05) is 12.1 Å². The van der Waals surface area contributed by atoms with Crippen molar-refractivity contribution < 1.29 is 4.39 Å². The van der Waals surface area contributed by atoms with Crippen LogP contribution in [0.4, 0.5) is 10.3 Å². The van der Waals surface area contributed by atoms with E-state index in [1.165, 1.54) is 6.07 Å². The number of anilines is 1. The third kappa shape index (κ3) is 4.05. The summed E-state index contributed by atoms with van der Waals surface area (Å²) in [5.41, 5.74) is 2.27. The van der Waals surface area contributed by atoms with Crippen LogP contribution in [-0.4, -0.2) is 42.1 Å². The van der Waals surface area contributed by atoms with Gasteiger partial charge in [-0.25, -0.2) is 14.4 Å². The van der Waals surface area contributed by atoms with Crippen LogP contribution in [0.1, 0.15) is 29.9 Å². The molecular weight excluding hydrogens is 291 g/mol. The summed E-state index contributed by atoms with van der Waals surface area (Å²) < 4.78 is 13.3. The predicted molar refractivity (Wildman–Crippen MR) is 90.0 cm³/mol. The standard InChI is InChI=1S/C18H23FN4/c1-22(2)18-20-11-14(12-21-18)13-23-8-6-15(7-9-23)16-4-3-5-17(19)10-16/h3-5,10-12,15H,6-9,13H2,1-2H3. The highest BCUT2D eigenvalue weighted by molar-refractivity contribution is 5.26. The van der Waals surface area contributed by atoms with Crippen molar-refractivity contribution in [2.45, 2.75) is 25.3 Å². The largest absolute Gasteiger partial charge is 0.347 e. The fourth-order valence-corrected chi connectivity index (χ4v) is 3.10. The van der Waals surface area contributed by atoms with Crippen molar-refractivity contribution in [3.05, 3.63) is 53.6 Å². The summed E-state index contributed by atoms with van der Waals surface area (Å²) in [5, 5.41) is 0. The average Bonchev–Trinajstić information content (AvgIpc) is 2.56. The third-order valence-corrected chi connectivity index (χ3v) is 4.41. The van der Waals surface area contributed by atoms with E-state index in [1.807, 2.05) is 37.5 Å². The van der Waals surface area contributed by atoms with Crippen LogP contribution in [0.25, 0.3) is 0 Å². The van der Waals surface area contributed by atoms with Gasteiger partial charge in [-0.15, -0.1) is 0 Å². The number of halogens is 1. The minimum absolute atomic E-state index is 0.136. The average molecular weight is 314 g/mol. The Morgan fingerprint density at radius 2 is 1.87 bits per heavy atom. The van der Waals surface area contributed by atoms with Crippen molar-refractivity contribution in [1.82, 2.24) is 14.9 Å². The van der Waals surface area contributed by atoms with Crippen LogP contribution in [0.3, 0.4) is 0 Å². The summed E-state index contributed by atoms with van der Waals surface area (Å²) in [6.07, 6.45) is 5.95. The molecule has 0 saturated carbocycles. The summed E-state index contributed by atoms with van der Waals surface area (Å²) in [6, 6.07) is 7.03. The van der Waals surface area contributed by atoms with Gasteiger partial charge in [0.25, 0.3) is 0 Å². The molecule has 1 saturated heterocycles. The fraction of sp³-hybridized carbons (Fsp3) is 0.444. The molecule has 4 nitrogen and oxygen atoms in total. The zero-order valence-electron chi connectivity index (χ0n) is 13.7. The normalized spacial score (nSPS) is 16.5. The quantitative estimate of drug-likeness (QED) is 0.868. The molecule has 2 aromatic rings. The zero-order valence-corrected chi connectivity index (χ0v) is 13.7. The Hall–Kier alpha value is -2.01. The number of rotatable bonds is 4. The molecule has 1 aromatic heterocycles. The molecule has 0 atom stereocenters. The molecule has 0 bridgehead atoms. The number of hydrogen-bond acceptors (Lipinski definition) is 4. The van der Waals surface area contributed by atoms with Crippen LogP contribution in [0, 0.1) is 5.82 Å². The van der Waals surface area contributed by atoms with E-state index in [2.05, 4.69) is 14.9 Å². The van der Waals surface area contributed by atoms with E-state index in [0.29, 0.717) is 5.92 Å². The molecule has 23 heavy (non-hydrogen) atoms. The molecule has 3 rings (SSSR count). The molecular formula is C18H23FN4. The summed E-state index contributed by atoms with van der Waals surface area (Å²) in [6.45, 7) is 2.93. The van der Waals surface area contributed by atoms with E-state index in [-0.39, 0.29) is 5.82 Å². The summed E-state index contributed by atoms with van der Waals surface area (Å²) in [5.74, 6) is 1.07. The van der Waals surface area contributed by atoms with Gasteiger partial charge in [0.05, 0.1) is 0 Å². The molecule has 0 unspecified atom stereocenters. The van der Waals surface area contributed by atoms with E-state index in [1.54, 1.807) is 12.1 Å². The molecule has 0 radical (unpaired) electrons. The van der Waals surface area contributed by atoms with Crippen LogP contribution in [0.15, 0.2) is 36.7 Å². The van der Waals surface area contributed by atoms with Gasteiger partial charge in [-0.05, 0) is 49.5 Å².